The van der Waals surface area contributed by atoms with Crippen LogP contribution in [0.15, 0.2) is 47.6 Å². The fraction of sp³-hybridized carbons (Fsp3) is 0.182. The number of halogens is 2. The molecule has 0 N–H and O–H groups in total. The van der Waals surface area contributed by atoms with E-state index in [1.807, 2.05) is 0 Å². The highest BCUT2D eigenvalue weighted by atomic mass is 35.5. The van der Waals surface area contributed by atoms with Crippen molar-refractivity contribution >= 4 is 44.9 Å². The van der Waals surface area contributed by atoms with E-state index in [-0.39, 0.29) is 5.82 Å². The fourth-order valence-electron chi connectivity index (χ4n) is 3.09. The lowest BCUT2D eigenvalue weighted by Crippen LogP contribution is -1.90. The number of nitrogens with zero attached hydrogens (tertiary/aromatic N) is 2. The quantitative estimate of drug-likeness (QED) is 0.193. The number of hydrogen-bond acceptors (Lipinski definition) is 4. The molecule has 0 amide bonds. The Kier molecular flexibility index (Phi) is 5.41. The summed E-state index contributed by atoms with van der Waals surface area (Å²) >= 11 is 9.74. The van der Waals surface area contributed by atoms with Crippen molar-refractivity contribution in [3.05, 3.63) is 75.0 Å². The van der Waals surface area contributed by atoms with Crippen molar-refractivity contribution in [2.24, 2.45) is 0 Å². The summed E-state index contributed by atoms with van der Waals surface area (Å²) < 4.78 is 13.1. The molecule has 6 heteroatoms. The van der Waals surface area contributed by atoms with Gasteiger partial charge in [0.15, 0.2) is 5.16 Å². The van der Waals surface area contributed by atoms with E-state index < -0.39 is 0 Å². The summed E-state index contributed by atoms with van der Waals surface area (Å²) in [6, 6.07) is 12.9. The minimum absolute atomic E-state index is 0.234. The Bertz CT molecular complexity index is 1170. The van der Waals surface area contributed by atoms with Gasteiger partial charge >= 0.3 is 0 Å². The summed E-state index contributed by atoms with van der Waals surface area (Å²) in [4.78, 5) is 11.3. The molecule has 0 unspecified atom stereocenters. The number of fused-ring (bicyclic) bond motifs is 1. The summed E-state index contributed by atoms with van der Waals surface area (Å²) in [6.45, 7) is 6.32. The van der Waals surface area contributed by atoms with E-state index in [0.717, 1.165) is 26.9 Å². The molecule has 0 radical (unpaired) electrons. The van der Waals surface area contributed by atoms with Crippen molar-refractivity contribution in [1.82, 2.24) is 9.97 Å². The molecule has 28 heavy (non-hydrogen) atoms. The highest BCUT2D eigenvalue weighted by Gasteiger charge is 2.18. The van der Waals surface area contributed by atoms with Crippen LogP contribution in [0.5, 0.6) is 0 Å². The van der Waals surface area contributed by atoms with Crippen LogP contribution in [0.2, 0.25) is 5.15 Å². The van der Waals surface area contributed by atoms with E-state index in [9.17, 15) is 4.39 Å². The van der Waals surface area contributed by atoms with E-state index in [4.69, 9.17) is 16.6 Å². The van der Waals surface area contributed by atoms with Gasteiger partial charge in [-0.1, -0.05) is 53.7 Å². The molecule has 0 aliphatic carbocycles. The number of rotatable bonds is 4. The van der Waals surface area contributed by atoms with Crippen LogP contribution in [0.25, 0.3) is 21.3 Å². The zero-order valence-corrected chi connectivity index (χ0v) is 18.1. The van der Waals surface area contributed by atoms with Gasteiger partial charge in [-0.3, -0.25) is 0 Å². The van der Waals surface area contributed by atoms with Crippen LogP contribution >= 0.6 is 34.7 Å². The average Bonchev–Trinajstić information content (AvgIpc) is 3.00. The number of aryl methyl sites for hydroxylation is 3. The average molecular weight is 429 g/mol. The summed E-state index contributed by atoms with van der Waals surface area (Å²) in [5, 5.41) is 2.03. The number of benzene rings is 2. The zero-order chi connectivity index (χ0) is 19.8. The molecule has 0 saturated carbocycles. The van der Waals surface area contributed by atoms with Gasteiger partial charge in [0.2, 0.25) is 0 Å². The van der Waals surface area contributed by atoms with Crippen molar-refractivity contribution in [3.63, 3.8) is 0 Å². The molecule has 0 atom stereocenters. The Balaban J connectivity index is 1.70. The second-order valence-corrected chi connectivity index (χ2v) is 9.23. The second-order valence-electron chi connectivity index (χ2n) is 6.72. The van der Waals surface area contributed by atoms with Gasteiger partial charge < -0.3 is 0 Å². The van der Waals surface area contributed by atoms with Crippen molar-refractivity contribution in [2.45, 2.75) is 31.7 Å². The molecule has 0 aliphatic heterocycles. The highest BCUT2D eigenvalue weighted by molar-refractivity contribution is 7.98. The first-order chi connectivity index (χ1) is 13.4. The van der Waals surface area contributed by atoms with E-state index >= 15 is 0 Å². The first kappa shape index (κ1) is 19.4. The predicted octanol–water partition coefficient (Wildman–Crippen LogP) is 7.37. The normalized spacial score (nSPS) is 11.3. The first-order valence-electron chi connectivity index (χ1n) is 8.84. The van der Waals surface area contributed by atoms with Gasteiger partial charge in [0.1, 0.15) is 15.8 Å². The van der Waals surface area contributed by atoms with Crippen LogP contribution in [0, 0.1) is 26.6 Å². The third-order valence-corrected chi connectivity index (χ3v) is 6.93. The smallest absolute Gasteiger partial charge is 0.190 e. The predicted molar refractivity (Wildman–Crippen MR) is 118 cm³/mol. The van der Waals surface area contributed by atoms with Gasteiger partial charge in [0.25, 0.3) is 0 Å². The fourth-order valence-corrected chi connectivity index (χ4v) is 5.36. The van der Waals surface area contributed by atoms with Gasteiger partial charge in [-0.15, -0.1) is 11.3 Å². The van der Waals surface area contributed by atoms with Crippen molar-refractivity contribution in [3.8, 4) is 11.1 Å². The van der Waals surface area contributed by atoms with E-state index in [0.29, 0.717) is 16.1 Å². The van der Waals surface area contributed by atoms with Crippen LogP contribution < -0.4 is 0 Å². The van der Waals surface area contributed by atoms with Gasteiger partial charge in [-0.2, -0.15) is 0 Å². The molecule has 142 valence electrons. The zero-order valence-electron chi connectivity index (χ0n) is 15.7. The topological polar surface area (TPSA) is 25.8 Å². The Hall–Kier alpha value is -1.95. The third-order valence-electron chi connectivity index (χ3n) is 4.74. The van der Waals surface area contributed by atoms with Gasteiger partial charge in [-0.25, -0.2) is 14.4 Å². The minimum Gasteiger partial charge on any atom is -0.211 e. The third kappa shape index (κ3) is 3.79. The van der Waals surface area contributed by atoms with Crippen LogP contribution in [0.4, 0.5) is 4.39 Å². The lowest BCUT2D eigenvalue weighted by atomic mass is 9.99. The summed E-state index contributed by atoms with van der Waals surface area (Å²) in [5.41, 5.74) is 5.79. The summed E-state index contributed by atoms with van der Waals surface area (Å²) in [7, 11) is 0. The maximum Gasteiger partial charge on any atom is 0.190 e. The van der Waals surface area contributed by atoms with Gasteiger partial charge in [0.05, 0.1) is 5.39 Å². The number of hydrogen-bond donors (Lipinski definition) is 0. The molecule has 4 rings (SSSR count). The SMILES string of the molecule is Cc1ccc(-c2c(C)sc3nc(SCc4ccc(F)cc4)nc(Cl)c23)cc1C. The minimum atomic E-state index is -0.234. The molecule has 0 fully saturated rings. The Morgan fingerprint density at radius 3 is 2.46 bits per heavy atom. The van der Waals surface area contributed by atoms with E-state index in [1.165, 1.54) is 39.9 Å². The lowest BCUT2D eigenvalue weighted by Gasteiger charge is -2.07. The number of thioether (sulfide) groups is 1. The maximum absolute atomic E-state index is 13.1. The van der Waals surface area contributed by atoms with Crippen molar-refractivity contribution < 1.29 is 4.39 Å². The highest BCUT2D eigenvalue weighted by Crippen LogP contribution is 2.41. The second kappa shape index (κ2) is 7.82. The van der Waals surface area contributed by atoms with E-state index in [2.05, 4.69) is 44.0 Å². The van der Waals surface area contributed by atoms with Crippen molar-refractivity contribution in [1.29, 1.82) is 0 Å². The van der Waals surface area contributed by atoms with Crippen LogP contribution in [-0.2, 0) is 5.75 Å². The largest absolute Gasteiger partial charge is 0.211 e. The van der Waals surface area contributed by atoms with Crippen LogP contribution in [0.3, 0.4) is 0 Å². The molecule has 0 bridgehead atoms. The molecule has 2 aromatic carbocycles. The lowest BCUT2D eigenvalue weighted by molar-refractivity contribution is 0.627. The molecule has 0 saturated heterocycles. The Labute approximate surface area is 176 Å². The molecule has 4 aromatic rings. The first-order valence-corrected chi connectivity index (χ1v) is 11.0. The molecule has 2 aromatic heterocycles. The molecule has 0 spiro atoms. The maximum atomic E-state index is 13.1. The molecule has 2 nitrogen and oxygen atoms in total. The van der Waals surface area contributed by atoms with Crippen LogP contribution in [-0.4, -0.2) is 9.97 Å². The molecular weight excluding hydrogens is 411 g/mol. The van der Waals surface area contributed by atoms with Crippen molar-refractivity contribution in [2.75, 3.05) is 0 Å². The summed E-state index contributed by atoms with van der Waals surface area (Å²) in [6.07, 6.45) is 0. The molecule has 0 aliphatic rings. The Morgan fingerprint density at radius 1 is 1.00 bits per heavy atom. The monoisotopic (exact) mass is 428 g/mol. The van der Waals surface area contributed by atoms with Crippen LogP contribution in [0.1, 0.15) is 21.6 Å². The van der Waals surface area contributed by atoms with Gasteiger partial charge in [0, 0.05) is 16.2 Å². The standard InChI is InChI=1S/C22H18ClFN2S2/c1-12-4-7-16(10-13(12)2)18-14(3)28-21-19(18)20(23)25-22(26-21)27-11-15-5-8-17(24)9-6-15/h4-10H,11H2,1-3H3. The number of aromatic nitrogens is 2. The number of thiophene rings is 1. The molecular formula is C22H18ClFN2S2. The van der Waals surface area contributed by atoms with Gasteiger partial charge in [-0.05, 0) is 55.2 Å². The molecule has 2 heterocycles. The summed E-state index contributed by atoms with van der Waals surface area (Å²) in [5.74, 6) is 0.429. The van der Waals surface area contributed by atoms with E-state index in [1.54, 1.807) is 23.5 Å². The Morgan fingerprint density at radius 2 is 1.75 bits per heavy atom.